The molecule has 0 amide bonds. The quantitative estimate of drug-likeness (QED) is 0.904. The number of aliphatic hydroxyl groups excluding tert-OH is 1. The Kier molecular flexibility index (Phi) is 3.79. The molecule has 0 bridgehead atoms. The van der Waals surface area contributed by atoms with Crippen molar-refractivity contribution in [2.24, 2.45) is 0 Å². The molecule has 0 fully saturated rings. The number of hydrogen-bond acceptors (Lipinski definition) is 2. The van der Waals surface area contributed by atoms with Crippen LogP contribution in [0, 0.1) is 6.92 Å². The van der Waals surface area contributed by atoms with Gasteiger partial charge in [0.2, 0.25) is 0 Å². The fraction of sp³-hybridized carbons (Fsp3) is 0.231. The number of thiophene rings is 1. The molecule has 0 spiro atoms. The van der Waals surface area contributed by atoms with Gasteiger partial charge in [0, 0.05) is 11.3 Å². The highest BCUT2D eigenvalue weighted by Crippen LogP contribution is 2.26. The fourth-order valence-electron chi connectivity index (χ4n) is 1.56. The summed E-state index contributed by atoms with van der Waals surface area (Å²) < 4.78 is 1.11. The zero-order valence-electron chi connectivity index (χ0n) is 8.98. The molecule has 1 unspecified atom stereocenters. The lowest BCUT2D eigenvalue weighted by Crippen LogP contribution is -2.00. The topological polar surface area (TPSA) is 20.2 Å². The van der Waals surface area contributed by atoms with Gasteiger partial charge >= 0.3 is 0 Å². The standard InChI is InChI=1S/C13H13BrOS/c1-9-2-4-10(5-3-9)12(15)8-11-6-7-13(14)16-11/h2-7,12,15H,8H2,1H3. The summed E-state index contributed by atoms with van der Waals surface area (Å²) in [6, 6.07) is 12.1. The average Bonchev–Trinajstić information content (AvgIpc) is 2.65. The molecule has 0 radical (unpaired) electrons. The number of aryl methyl sites for hydroxylation is 1. The lowest BCUT2D eigenvalue weighted by molar-refractivity contribution is 0.179. The summed E-state index contributed by atoms with van der Waals surface area (Å²) in [7, 11) is 0. The molecule has 1 nitrogen and oxygen atoms in total. The van der Waals surface area contributed by atoms with Gasteiger partial charge in [0.05, 0.1) is 9.89 Å². The molecule has 0 aliphatic heterocycles. The van der Waals surface area contributed by atoms with Gasteiger partial charge in [0.15, 0.2) is 0 Å². The average molecular weight is 297 g/mol. The summed E-state index contributed by atoms with van der Waals surface area (Å²) in [6.45, 7) is 2.05. The molecule has 0 saturated carbocycles. The van der Waals surface area contributed by atoms with Crippen LogP contribution in [0.3, 0.4) is 0 Å². The Morgan fingerprint density at radius 2 is 1.88 bits per heavy atom. The van der Waals surface area contributed by atoms with E-state index in [9.17, 15) is 5.11 Å². The third-order valence-electron chi connectivity index (χ3n) is 2.49. The summed E-state index contributed by atoms with van der Waals surface area (Å²) in [5.74, 6) is 0. The van der Waals surface area contributed by atoms with Crippen molar-refractivity contribution in [2.45, 2.75) is 19.4 Å². The van der Waals surface area contributed by atoms with Crippen LogP contribution in [-0.4, -0.2) is 5.11 Å². The zero-order valence-corrected chi connectivity index (χ0v) is 11.4. The van der Waals surface area contributed by atoms with Crippen molar-refractivity contribution in [3.63, 3.8) is 0 Å². The fourth-order valence-corrected chi connectivity index (χ4v) is 3.08. The Morgan fingerprint density at radius 3 is 2.44 bits per heavy atom. The Balaban J connectivity index is 2.08. The number of benzene rings is 1. The normalized spacial score (nSPS) is 12.7. The third-order valence-corrected chi connectivity index (χ3v) is 4.13. The van der Waals surface area contributed by atoms with Crippen LogP contribution in [0.25, 0.3) is 0 Å². The number of halogens is 1. The first-order valence-electron chi connectivity index (χ1n) is 5.14. The van der Waals surface area contributed by atoms with E-state index in [2.05, 4.69) is 15.9 Å². The van der Waals surface area contributed by atoms with E-state index in [0.717, 1.165) is 9.35 Å². The van der Waals surface area contributed by atoms with E-state index in [1.54, 1.807) is 11.3 Å². The minimum atomic E-state index is -0.411. The maximum absolute atomic E-state index is 10.1. The lowest BCUT2D eigenvalue weighted by atomic mass is 10.0. The van der Waals surface area contributed by atoms with E-state index in [1.807, 2.05) is 43.3 Å². The maximum atomic E-state index is 10.1. The minimum Gasteiger partial charge on any atom is -0.388 e. The van der Waals surface area contributed by atoms with E-state index in [-0.39, 0.29) is 0 Å². The SMILES string of the molecule is Cc1ccc(C(O)Cc2ccc(Br)s2)cc1. The van der Waals surface area contributed by atoms with Crippen molar-refractivity contribution in [1.29, 1.82) is 0 Å². The molecule has 2 aromatic rings. The van der Waals surface area contributed by atoms with Crippen molar-refractivity contribution in [3.8, 4) is 0 Å². The summed E-state index contributed by atoms with van der Waals surface area (Å²) >= 11 is 5.10. The summed E-state index contributed by atoms with van der Waals surface area (Å²) in [4.78, 5) is 1.19. The van der Waals surface area contributed by atoms with Gasteiger partial charge in [0.25, 0.3) is 0 Å². The number of hydrogen-bond donors (Lipinski definition) is 1. The van der Waals surface area contributed by atoms with Crippen LogP contribution in [-0.2, 0) is 6.42 Å². The van der Waals surface area contributed by atoms with Crippen LogP contribution in [0.4, 0.5) is 0 Å². The Bertz CT molecular complexity index is 461. The predicted molar refractivity (Wildman–Crippen MR) is 71.9 cm³/mol. The molecule has 84 valence electrons. The van der Waals surface area contributed by atoms with Crippen LogP contribution in [0.5, 0.6) is 0 Å². The van der Waals surface area contributed by atoms with Crippen LogP contribution < -0.4 is 0 Å². The van der Waals surface area contributed by atoms with Gasteiger partial charge in [-0.2, -0.15) is 0 Å². The van der Waals surface area contributed by atoms with E-state index in [0.29, 0.717) is 6.42 Å². The maximum Gasteiger partial charge on any atom is 0.0838 e. The first-order chi connectivity index (χ1) is 7.65. The molecule has 2 rings (SSSR count). The third kappa shape index (κ3) is 2.94. The predicted octanol–water partition coefficient (Wildman–Crippen LogP) is 4.10. The van der Waals surface area contributed by atoms with Gasteiger partial charge in [-0.3, -0.25) is 0 Å². The molecule has 1 heterocycles. The molecule has 1 aromatic heterocycles. The van der Waals surface area contributed by atoms with E-state index < -0.39 is 6.10 Å². The van der Waals surface area contributed by atoms with E-state index >= 15 is 0 Å². The molecule has 16 heavy (non-hydrogen) atoms. The van der Waals surface area contributed by atoms with E-state index in [4.69, 9.17) is 0 Å². The Hall–Kier alpha value is -0.640. The molecule has 1 atom stereocenters. The van der Waals surface area contributed by atoms with Gasteiger partial charge in [-0.25, -0.2) is 0 Å². The second-order valence-electron chi connectivity index (χ2n) is 3.84. The minimum absolute atomic E-state index is 0.411. The highest BCUT2D eigenvalue weighted by Gasteiger charge is 2.09. The van der Waals surface area contributed by atoms with Crippen molar-refractivity contribution in [1.82, 2.24) is 0 Å². The van der Waals surface area contributed by atoms with Gasteiger partial charge in [-0.1, -0.05) is 29.8 Å². The summed E-state index contributed by atoms with van der Waals surface area (Å²) in [5.41, 5.74) is 2.20. The highest BCUT2D eigenvalue weighted by atomic mass is 79.9. The van der Waals surface area contributed by atoms with Gasteiger partial charge in [0.1, 0.15) is 0 Å². The molecular formula is C13H13BrOS. The Labute approximate surface area is 108 Å². The van der Waals surface area contributed by atoms with Crippen molar-refractivity contribution in [3.05, 3.63) is 56.2 Å². The van der Waals surface area contributed by atoms with Crippen molar-refractivity contribution in [2.75, 3.05) is 0 Å². The zero-order chi connectivity index (χ0) is 11.5. The highest BCUT2D eigenvalue weighted by molar-refractivity contribution is 9.11. The lowest BCUT2D eigenvalue weighted by Gasteiger charge is -2.09. The molecule has 1 aromatic carbocycles. The van der Waals surface area contributed by atoms with Crippen LogP contribution in [0.2, 0.25) is 0 Å². The summed E-state index contributed by atoms with van der Waals surface area (Å²) in [6.07, 6.45) is 0.269. The van der Waals surface area contributed by atoms with Crippen LogP contribution in [0.1, 0.15) is 22.1 Å². The van der Waals surface area contributed by atoms with Gasteiger partial charge < -0.3 is 5.11 Å². The van der Waals surface area contributed by atoms with Crippen molar-refractivity contribution >= 4 is 27.3 Å². The first-order valence-corrected chi connectivity index (χ1v) is 6.75. The number of aliphatic hydroxyl groups is 1. The molecule has 0 saturated heterocycles. The van der Waals surface area contributed by atoms with Gasteiger partial charge in [-0.05, 0) is 40.5 Å². The summed E-state index contributed by atoms with van der Waals surface area (Å²) in [5, 5.41) is 10.1. The Morgan fingerprint density at radius 1 is 1.19 bits per heavy atom. The van der Waals surface area contributed by atoms with Crippen molar-refractivity contribution < 1.29 is 5.11 Å². The number of rotatable bonds is 3. The molecule has 1 N–H and O–H groups in total. The molecule has 0 aliphatic rings. The largest absolute Gasteiger partial charge is 0.388 e. The molecular weight excluding hydrogens is 284 g/mol. The van der Waals surface area contributed by atoms with E-state index in [1.165, 1.54) is 10.4 Å². The second-order valence-corrected chi connectivity index (χ2v) is 6.38. The monoisotopic (exact) mass is 296 g/mol. The second kappa shape index (κ2) is 5.13. The first kappa shape index (κ1) is 11.8. The van der Waals surface area contributed by atoms with Gasteiger partial charge in [-0.15, -0.1) is 11.3 Å². The van der Waals surface area contributed by atoms with Crippen LogP contribution >= 0.6 is 27.3 Å². The van der Waals surface area contributed by atoms with Crippen LogP contribution in [0.15, 0.2) is 40.2 Å². The smallest absolute Gasteiger partial charge is 0.0838 e. The molecule has 0 aliphatic carbocycles. The molecule has 3 heteroatoms.